The maximum Gasteiger partial charge on any atom is 0.294 e. The molecule has 6 nitrogen and oxygen atoms in total. The van der Waals surface area contributed by atoms with Crippen LogP contribution in [0.4, 0.5) is 4.79 Å². The van der Waals surface area contributed by atoms with Crippen LogP contribution in [0.5, 0.6) is 5.75 Å². The zero-order chi connectivity index (χ0) is 26.8. The Balaban J connectivity index is 1.30. The number of benzene rings is 4. The molecule has 6 rings (SSSR count). The van der Waals surface area contributed by atoms with E-state index >= 15 is 0 Å². The zero-order valence-electron chi connectivity index (χ0n) is 21.5. The monoisotopic (exact) mass is 536 g/mol. The summed E-state index contributed by atoms with van der Waals surface area (Å²) >= 11 is 0.871. The molecule has 3 amide bonds. The van der Waals surface area contributed by atoms with Gasteiger partial charge in [0, 0.05) is 18.7 Å². The molecule has 0 N–H and O–H groups in total. The minimum atomic E-state index is -0.441. The number of fused-ring (bicyclic) bond motifs is 2. The summed E-state index contributed by atoms with van der Waals surface area (Å²) in [5.74, 6) is 0.00337. The summed E-state index contributed by atoms with van der Waals surface area (Å²) in [5, 5.41) is 3.77. The molecule has 0 saturated carbocycles. The van der Waals surface area contributed by atoms with Crippen LogP contribution in [0.15, 0.2) is 83.8 Å². The second-order valence-corrected chi connectivity index (χ2v) is 10.8. The molecular weight excluding hydrogens is 508 g/mol. The van der Waals surface area contributed by atoms with Crippen LogP contribution in [0.2, 0.25) is 0 Å². The Hall–Kier alpha value is -4.10. The highest BCUT2D eigenvalue weighted by Gasteiger charge is 2.37. The highest BCUT2D eigenvalue weighted by atomic mass is 32.2. The molecule has 7 heteroatoms. The van der Waals surface area contributed by atoms with Crippen molar-refractivity contribution in [2.45, 2.75) is 25.9 Å². The molecule has 2 aliphatic heterocycles. The van der Waals surface area contributed by atoms with Gasteiger partial charge in [-0.2, -0.15) is 0 Å². The number of thioether (sulfide) groups is 1. The number of carbonyl (C=O) groups excluding carboxylic acids is 3. The normalized spacial score (nSPS) is 17.0. The van der Waals surface area contributed by atoms with Gasteiger partial charge < -0.3 is 9.64 Å². The summed E-state index contributed by atoms with van der Waals surface area (Å²) in [4.78, 5) is 42.0. The van der Waals surface area contributed by atoms with E-state index in [9.17, 15) is 14.4 Å². The van der Waals surface area contributed by atoms with Crippen molar-refractivity contribution in [1.82, 2.24) is 9.80 Å². The van der Waals surface area contributed by atoms with Gasteiger partial charge in [0.25, 0.3) is 11.1 Å². The van der Waals surface area contributed by atoms with Crippen LogP contribution < -0.4 is 4.74 Å². The summed E-state index contributed by atoms with van der Waals surface area (Å²) in [6, 6.07) is 26.1. The minimum absolute atomic E-state index is 0.178. The fourth-order valence-electron chi connectivity index (χ4n) is 5.27. The first kappa shape index (κ1) is 25.2. The average Bonchev–Trinajstić information content (AvgIpc) is 3.24. The molecule has 0 atom stereocenters. The molecule has 0 radical (unpaired) electrons. The molecule has 0 bridgehead atoms. The van der Waals surface area contributed by atoms with Crippen molar-refractivity contribution in [3.8, 4) is 5.75 Å². The van der Waals surface area contributed by atoms with Crippen molar-refractivity contribution in [3.05, 3.63) is 94.9 Å². The molecule has 4 aromatic rings. The van der Waals surface area contributed by atoms with Crippen molar-refractivity contribution < 1.29 is 19.1 Å². The highest BCUT2D eigenvalue weighted by molar-refractivity contribution is 8.18. The predicted octanol–water partition coefficient (Wildman–Crippen LogP) is 6.62. The first-order chi connectivity index (χ1) is 19.1. The van der Waals surface area contributed by atoms with E-state index in [0.717, 1.165) is 68.6 Å². The van der Waals surface area contributed by atoms with Crippen molar-refractivity contribution >= 4 is 56.4 Å². The molecule has 2 saturated heterocycles. The van der Waals surface area contributed by atoms with Gasteiger partial charge in [-0.3, -0.25) is 19.3 Å². The average molecular weight is 537 g/mol. The minimum Gasteiger partial charge on any atom is -0.488 e. The number of nitrogens with zero attached hydrogens (tertiary/aromatic N) is 2. The fraction of sp³-hybridized carbons (Fsp3) is 0.219. The number of imide groups is 1. The van der Waals surface area contributed by atoms with Crippen LogP contribution in [0.1, 0.15) is 30.4 Å². The second kappa shape index (κ2) is 10.9. The molecule has 0 aromatic heterocycles. The van der Waals surface area contributed by atoms with E-state index in [1.807, 2.05) is 60.7 Å². The van der Waals surface area contributed by atoms with E-state index in [2.05, 4.69) is 18.2 Å². The van der Waals surface area contributed by atoms with E-state index in [0.29, 0.717) is 25.4 Å². The van der Waals surface area contributed by atoms with Gasteiger partial charge in [0.2, 0.25) is 5.91 Å². The van der Waals surface area contributed by atoms with Crippen LogP contribution >= 0.6 is 11.8 Å². The molecular formula is C32H28N2O4S. The Labute approximate surface area is 231 Å². The summed E-state index contributed by atoms with van der Waals surface area (Å²) in [7, 11) is 0. The quantitative estimate of drug-likeness (QED) is 0.259. The van der Waals surface area contributed by atoms with Gasteiger partial charge in [0.15, 0.2) is 0 Å². The number of rotatable bonds is 6. The van der Waals surface area contributed by atoms with Gasteiger partial charge >= 0.3 is 0 Å². The van der Waals surface area contributed by atoms with Crippen molar-refractivity contribution in [2.75, 3.05) is 19.6 Å². The van der Waals surface area contributed by atoms with E-state index in [1.54, 1.807) is 11.0 Å². The Morgan fingerprint density at radius 1 is 0.821 bits per heavy atom. The molecule has 2 heterocycles. The maximum absolute atomic E-state index is 13.3. The first-order valence-electron chi connectivity index (χ1n) is 13.2. The van der Waals surface area contributed by atoms with Gasteiger partial charge in [-0.15, -0.1) is 0 Å². The van der Waals surface area contributed by atoms with Crippen LogP contribution in [-0.2, 0) is 16.2 Å². The SMILES string of the molecule is O=C(CN1C(=O)S/C(=C\c2c(OCc3cccc4ccccc34)ccc3ccccc23)C1=O)N1CCCCC1. The van der Waals surface area contributed by atoms with Gasteiger partial charge in [-0.25, -0.2) is 0 Å². The lowest BCUT2D eigenvalue weighted by atomic mass is 10.0. The van der Waals surface area contributed by atoms with Crippen LogP contribution in [0.3, 0.4) is 0 Å². The smallest absolute Gasteiger partial charge is 0.294 e. The predicted molar refractivity (Wildman–Crippen MR) is 155 cm³/mol. The first-order valence-corrected chi connectivity index (χ1v) is 14.0. The largest absolute Gasteiger partial charge is 0.488 e. The topological polar surface area (TPSA) is 66.9 Å². The molecule has 0 spiro atoms. The number of piperidine rings is 1. The van der Waals surface area contributed by atoms with Crippen molar-refractivity contribution in [1.29, 1.82) is 0 Å². The molecule has 0 unspecified atom stereocenters. The maximum atomic E-state index is 13.3. The highest BCUT2D eigenvalue weighted by Crippen LogP contribution is 2.37. The van der Waals surface area contributed by atoms with Crippen LogP contribution in [0.25, 0.3) is 27.6 Å². The lowest BCUT2D eigenvalue weighted by molar-refractivity contribution is -0.136. The van der Waals surface area contributed by atoms with Crippen molar-refractivity contribution in [2.24, 2.45) is 0 Å². The fourth-order valence-corrected chi connectivity index (χ4v) is 6.09. The Bertz CT molecular complexity index is 1620. The number of hydrogen-bond acceptors (Lipinski definition) is 5. The van der Waals surface area contributed by atoms with Gasteiger partial charge in [-0.05, 0) is 70.3 Å². The van der Waals surface area contributed by atoms with E-state index in [-0.39, 0.29) is 17.4 Å². The van der Waals surface area contributed by atoms with E-state index in [1.165, 1.54) is 0 Å². The summed E-state index contributed by atoms with van der Waals surface area (Å²) in [5.41, 5.74) is 1.80. The van der Waals surface area contributed by atoms with Gasteiger partial charge in [0.05, 0.1) is 4.91 Å². The lowest BCUT2D eigenvalue weighted by Crippen LogP contribution is -2.44. The lowest BCUT2D eigenvalue weighted by Gasteiger charge is -2.27. The third-order valence-electron chi connectivity index (χ3n) is 7.34. The molecule has 0 aliphatic carbocycles. The number of amides is 3. The number of ether oxygens (including phenoxy) is 1. The van der Waals surface area contributed by atoms with Gasteiger partial charge in [-0.1, -0.05) is 72.8 Å². The molecule has 196 valence electrons. The van der Waals surface area contributed by atoms with E-state index in [4.69, 9.17) is 4.74 Å². The van der Waals surface area contributed by atoms with Crippen LogP contribution in [-0.4, -0.2) is 46.5 Å². The Kier molecular flexibility index (Phi) is 7.07. The molecule has 39 heavy (non-hydrogen) atoms. The summed E-state index contributed by atoms with van der Waals surface area (Å²) in [6.07, 6.45) is 4.74. The molecule has 2 aliphatic rings. The Morgan fingerprint density at radius 3 is 2.31 bits per heavy atom. The molecule has 4 aromatic carbocycles. The third kappa shape index (κ3) is 5.14. The summed E-state index contributed by atoms with van der Waals surface area (Å²) in [6.45, 7) is 1.49. The third-order valence-corrected chi connectivity index (χ3v) is 8.25. The standard InChI is InChI=1S/C32H28N2O4S/c35-30(33-17-6-1-7-18-33)20-34-31(36)29(39-32(34)37)19-27-26-14-5-3-10-23(26)15-16-28(27)38-21-24-12-8-11-22-9-2-4-13-25(22)24/h2-5,8-16,19H,1,6-7,17-18,20-21H2/b29-19-. The zero-order valence-corrected chi connectivity index (χ0v) is 22.3. The number of likely N-dealkylation sites (tertiary alicyclic amines) is 1. The number of hydrogen-bond donors (Lipinski definition) is 0. The van der Waals surface area contributed by atoms with Gasteiger partial charge in [0.1, 0.15) is 18.9 Å². The molecule has 2 fully saturated rings. The summed E-state index contributed by atoms with van der Waals surface area (Å²) < 4.78 is 6.36. The second-order valence-electron chi connectivity index (χ2n) is 9.83. The Morgan fingerprint density at radius 2 is 1.51 bits per heavy atom. The van der Waals surface area contributed by atoms with Crippen LogP contribution in [0, 0.1) is 0 Å². The number of carbonyl (C=O) groups is 3. The van der Waals surface area contributed by atoms with Crippen molar-refractivity contribution in [3.63, 3.8) is 0 Å². The van der Waals surface area contributed by atoms with E-state index < -0.39 is 11.1 Å².